The third-order valence-corrected chi connectivity index (χ3v) is 3.87. The van der Waals surface area contributed by atoms with E-state index in [1.165, 1.54) is 18.3 Å². The van der Waals surface area contributed by atoms with Crippen molar-refractivity contribution in [2.45, 2.75) is 13.8 Å². The Bertz CT molecular complexity index is 1100. The quantitative estimate of drug-likeness (QED) is 0.521. The second-order valence-corrected chi connectivity index (χ2v) is 5.83. The molecule has 26 heavy (non-hydrogen) atoms. The maximum atomic E-state index is 13.7. The second kappa shape index (κ2) is 6.11. The van der Waals surface area contributed by atoms with E-state index in [1.807, 2.05) is 0 Å². The summed E-state index contributed by atoms with van der Waals surface area (Å²) in [7, 11) is 0. The van der Waals surface area contributed by atoms with Crippen LogP contribution in [0.1, 0.15) is 11.1 Å². The van der Waals surface area contributed by atoms with Gasteiger partial charge in [0.1, 0.15) is 5.52 Å². The van der Waals surface area contributed by atoms with Gasteiger partial charge in [-0.3, -0.25) is 5.11 Å². The average molecular weight is 350 g/mol. The van der Waals surface area contributed by atoms with E-state index in [4.69, 9.17) is 9.15 Å². The maximum absolute atomic E-state index is 13.7. The minimum absolute atomic E-state index is 0.00905. The van der Waals surface area contributed by atoms with Crippen molar-refractivity contribution in [3.05, 3.63) is 59.5 Å². The van der Waals surface area contributed by atoms with Crippen LogP contribution in [-0.2, 0) is 5.11 Å². The van der Waals surface area contributed by atoms with E-state index in [2.05, 4.69) is 15.0 Å². The van der Waals surface area contributed by atoms with E-state index in [1.54, 1.807) is 38.1 Å². The largest absolute Gasteiger partial charge is 0.421 e. The summed E-state index contributed by atoms with van der Waals surface area (Å²) in [6.45, 7) is 3.48. The smallest absolute Gasteiger partial charge is 0.325 e. The molecule has 0 unspecified atom stereocenters. The average Bonchev–Trinajstić information content (AvgIpc) is 3.04. The predicted octanol–water partition coefficient (Wildman–Crippen LogP) is 4.98. The Hall–Kier alpha value is -3.48. The highest BCUT2D eigenvalue weighted by atomic mass is 19.1. The third kappa shape index (κ3) is 2.83. The molecular weight excluding hydrogens is 337 g/mol. The number of rotatable bonds is 3. The molecule has 129 valence electrons. The number of hydrogen-bond acceptors (Lipinski definition) is 5. The van der Waals surface area contributed by atoms with Gasteiger partial charge in [-0.15, -0.1) is 0 Å². The molecule has 2 aromatic carbocycles. The minimum Gasteiger partial charge on any atom is -0.421 e. The fraction of sp³-hybridized carbons (Fsp3) is 0.105. The number of nitrogens with zero attached hydrogens (tertiary/aromatic N) is 3. The molecule has 0 aliphatic rings. The van der Waals surface area contributed by atoms with Gasteiger partial charge in [0.15, 0.2) is 17.3 Å². The van der Waals surface area contributed by atoms with E-state index in [9.17, 15) is 9.50 Å². The van der Waals surface area contributed by atoms with Crippen LogP contribution in [0.5, 0.6) is 17.5 Å². The highest BCUT2D eigenvalue weighted by Crippen LogP contribution is 2.31. The summed E-state index contributed by atoms with van der Waals surface area (Å²) in [5, 5.41) is 11.8. The molecule has 1 radical (unpaired) electrons. The van der Waals surface area contributed by atoms with Crippen LogP contribution in [0.4, 0.5) is 4.39 Å². The number of ether oxygens (including phenoxy) is 1. The van der Waals surface area contributed by atoms with Crippen molar-refractivity contribution in [1.82, 2.24) is 15.0 Å². The van der Waals surface area contributed by atoms with Crippen LogP contribution < -0.4 is 4.74 Å². The zero-order chi connectivity index (χ0) is 18.3. The normalized spacial score (nSPS) is 11.0. The number of aryl methyl sites for hydroxylation is 2. The van der Waals surface area contributed by atoms with Gasteiger partial charge >= 0.3 is 6.01 Å². The van der Waals surface area contributed by atoms with Crippen molar-refractivity contribution in [3.8, 4) is 29.0 Å². The Morgan fingerprint density at radius 2 is 1.81 bits per heavy atom. The van der Waals surface area contributed by atoms with Gasteiger partial charge in [0.05, 0.1) is 6.20 Å². The van der Waals surface area contributed by atoms with Crippen LogP contribution in [0, 0.1) is 19.7 Å². The van der Waals surface area contributed by atoms with Crippen molar-refractivity contribution in [3.63, 3.8) is 0 Å². The molecule has 2 heterocycles. The predicted molar refractivity (Wildman–Crippen MR) is 91.1 cm³/mol. The van der Waals surface area contributed by atoms with Crippen molar-refractivity contribution < 1.29 is 18.7 Å². The van der Waals surface area contributed by atoms with Crippen molar-refractivity contribution in [1.29, 1.82) is 0 Å². The SMILES string of the molecule is Cc1cc(-c2nc3cnc(Oc4ccccc4F)nc3o2)cc(C)c1[O]. The zero-order valence-corrected chi connectivity index (χ0v) is 14.0. The zero-order valence-electron chi connectivity index (χ0n) is 14.0. The molecule has 0 saturated carbocycles. The summed E-state index contributed by atoms with van der Waals surface area (Å²) in [5.74, 6) is -0.184. The lowest BCUT2D eigenvalue weighted by Gasteiger charge is -2.03. The third-order valence-electron chi connectivity index (χ3n) is 3.87. The molecule has 4 aromatic rings. The minimum atomic E-state index is -0.516. The van der Waals surface area contributed by atoms with Crippen LogP contribution >= 0.6 is 0 Å². The Kier molecular flexibility index (Phi) is 3.76. The summed E-state index contributed by atoms with van der Waals surface area (Å²) in [5.41, 5.74) is 2.54. The Morgan fingerprint density at radius 1 is 1.08 bits per heavy atom. The Morgan fingerprint density at radius 3 is 2.54 bits per heavy atom. The van der Waals surface area contributed by atoms with Gasteiger partial charge in [-0.25, -0.2) is 14.4 Å². The number of fused-ring (bicyclic) bond motifs is 1. The maximum Gasteiger partial charge on any atom is 0.325 e. The monoisotopic (exact) mass is 350 g/mol. The van der Waals surface area contributed by atoms with Gasteiger partial charge in [-0.1, -0.05) is 12.1 Å². The molecule has 4 rings (SSSR count). The number of halogens is 1. The molecular formula is C19H13FN3O3. The van der Waals surface area contributed by atoms with Crippen molar-refractivity contribution in [2.75, 3.05) is 0 Å². The first kappa shape index (κ1) is 16.0. The van der Waals surface area contributed by atoms with Gasteiger partial charge in [0, 0.05) is 5.56 Å². The lowest BCUT2D eigenvalue weighted by atomic mass is 10.1. The number of aromatic nitrogens is 3. The van der Waals surface area contributed by atoms with Crippen LogP contribution in [0.25, 0.3) is 22.7 Å². The van der Waals surface area contributed by atoms with E-state index < -0.39 is 5.82 Å². The molecule has 0 spiro atoms. The van der Waals surface area contributed by atoms with Crippen molar-refractivity contribution in [2.24, 2.45) is 0 Å². The van der Waals surface area contributed by atoms with E-state index in [0.29, 0.717) is 28.1 Å². The Balaban J connectivity index is 1.71. The summed E-state index contributed by atoms with van der Waals surface area (Å²) < 4.78 is 24.7. The molecule has 0 saturated heterocycles. The number of hydrogen-bond donors (Lipinski definition) is 0. The first-order valence-electron chi connectivity index (χ1n) is 7.86. The van der Waals surface area contributed by atoms with Gasteiger partial charge in [0.25, 0.3) is 5.71 Å². The van der Waals surface area contributed by atoms with E-state index >= 15 is 0 Å². The molecule has 0 bridgehead atoms. The molecule has 0 aliphatic heterocycles. The molecule has 0 fully saturated rings. The lowest BCUT2D eigenvalue weighted by molar-refractivity contribution is 0.348. The van der Waals surface area contributed by atoms with Crippen molar-refractivity contribution >= 4 is 11.2 Å². The first-order chi connectivity index (χ1) is 12.5. The van der Waals surface area contributed by atoms with Gasteiger partial charge in [0.2, 0.25) is 5.89 Å². The summed E-state index contributed by atoms with van der Waals surface area (Å²) in [6, 6.07) is 9.34. The van der Waals surface area contributed by atoms with Gasteiger partial charge in [-0.05, 0) is 49.2 Å². The fourth-order valence-electron chi connectivity index (χ4n) is 2.59. The fourth-order valence-corrected chi connectivity index (χ4v) is 2.59. The van der Waals surface area contributed by atoms with Gasteiger partial charge in [-0.2, -0.15) is 4.98 Å². The van der Waals surface area contributed by atoms with E-state index in [-0.39, 0.29) is 23.2 Å². The summed E-state index contributed by atoms with van der Waals surface area (Å²) in [6.07, 6.45) is 1.44. The molecule has 0 atom stereocenters. The summed E-state index contributed by atoms with van der Waals surface area (Å²) >= 11 is 0. The van der Waals surface area contributed by atoms with Crippen LogP contribution in [0.15, 0.2) is 47.0 Å². The highest BCUT2D eigenvalue weighted by molar-refractivity contribution is 5.72. The summed E-state index contributed by atoms with van der Waals surface area (Å²) in [4.78, 5) is 12.5. The highest BCUT2D eigenvalue weighted by Gasteiger charge is 2.15. The Labute approximate surface area is 147 Å². The molecule has 0 N–H and O–H groups in total. The van der Waals surface area contributed by atoms with Crippen LogP contribution in [0.3, 0.4) is 0 Å². The topological polar surface area (TPSA) is 80.9 Å². The van der Waals surface area contributed by atoms with Crippen LogP contribution in [0.2, 0.25) is 0 Å². The number of benzene rings is 2. The first-order valence-corrected chi connectivity index (χ1v) is 7.86. The number of para-hydroxylation sites is 1. The molecule has 0 amide bonds. The standard InChI is InChI=1S/C19H13FN3O3/c1-10-7-12(8-11(2)16(10)24)17-22-14-9-21-19(23-18(14)26-17)25-15-6-4-3-5-13(15)20/h3-9H,1-2H3. The molecule has 2 aromatic heterocycles. The van der Waals surface area contributed by atoms with Crippen LogP contribution in [-0.4, -0.2) is 15.0 Å². The van der Waals surface area contributed by atoms with Gasteiger partial charge < -0.3 is 9.15 Å². The second-order valence-electron chi connectivity index (χ2n) is 5.83. The molecule has 7 heteroatoms. The molecule has 0 aliphatic carbocycles. The number of oxazole rings is 1. The molecule has 6 nitrogen and oxygen atoms in total. The lowest BCUT2D eigenvalue weighted by Crippen LogP contribution is -1.93. The van der Waals surface area contributed by atoms with E-state index in [0.717, 1.165) is 0 Å².